The SMILES string of the molecule is Cc1ccc(-c2c3nc(c(-c4ccc(C#Cc5cc(-c6ccccn6)nc(-c6ccccn6)c5)cc4)c4ccc([nH]4)c(-c4ccc(C)cc4)c4nc(c(-c5ccc(C#Cc6cc(-c7ccccn7)nc(-c7ccccn7)c6)cc5)c5ccc2[nH]5)C=C4)C=C3)cc1. The molecule has 8 bridgehead atoms. The average Bonchev–Trinajstić information content (AvgIpc) is 1.92. The molecule has 2 aliphatic rings. The number of nitrogens with zero attached hydrogens (tertiary/aromatic N) is 8. The smallest absolute Gasteiger partial charge is 0.0906 e. The summed E-state index contributed by atoms with van der Waals surface area (Å²) >= 11 is 0. The molecule has 0 saturated heterocycles. The summed E-state index contributed by atoms with van der Waals surface area (Å²) in [5.41, 5.74) is 26.3. The van der Waals surface area contributed by atoms with E-state index in [1.807, 2.05) is 97.1 Å². The van der Waals surface area contributed by atoms with Crippen molar-refractivity contribution in [1.29, 1.82) is 0 Å². The maximum atomic E-state index is 5.57. The lowest BCUT2D eigenvalue weighted by Crippen LogP contribution is -1.94. The molecule has 10 nitrogen and oxygen atoms in total. The summed E-state index contributed by atoms with van der Waals surface area (Å²) in [5.74, 6) is 13.8. The Morgan fingerprint density at radius 2 is 0.522 bits per heavy atom. The van der Waals surface area contributed by atoms with E-state index in [-0.39, 0.29) is 0 Å². The van der Waals surface area contributed by atoms with Crippen LogP contribution < -0.4 is 0 Å². The molecule has 2 N–H and O–H groups in total. The molecule has 422 valence electrons. The van der Waals surface area contributed by atoms with Gasteiger partial charge in [0.05, 0.1) is 68.3 Å². The summed E-state index contributed by atoms with van der Waals surface area (Å²) in [7, 11) is 0. The molecule has 15 rings (SSSR count). The van der Waals surface area contributed by atoms with Crippen molar-refractivity contribution in [2.75, 3.05) is 0 Å². The number of H-pyrrole nitrogens is 2. The van der Waals surface area contributed by atoms with E-state index in [9.17, 15) is 0 Å². The first-order valence-electron chi connectivity index (χ1n) is 29.6. The van der Waals surface area contributed by atoms with Gasteiger partial charge in [-0.25, -0.2) is 19.9 Å². The Hall–Kier alpha value is -12.5. The van der Waals surface area contributed by atoms with Crippen molar-refractivity contribution < 1.29 is 0 Å². The lowest BCUT2D eigenvalue weighted by Gasteiger charge is -2.08. The summed E-state index contributed by atoms with van der Waals surface area (Å²) in [6.45, 7) is 4.22. The van der Waals surface area contributed by atoms with Crippen LogP contribution in [0.5, 0.6) is 0 Å². The van der Waals surface area contributed by atoms with Crippen LogP contribution >= 0.6 is 0 Å². The normalized spacial score (nSPS) is 11.4. The van der Waals surface area contributed by atoms with Crippen molar-refractivity contribution in [3.8, 4) is 114 Å². The van der Waals surface area contributed by atoms with Crippen molar-refractivity contribution in [3.63, 3.8) is 0 Å². The van der Waals surface area contributed by atoms with E-state index in [0.717, 1.165) is 157 Å². The fraction of sp³-hybridized carbons (Fsp3) is 0.0250. The number of rotatable bonds is 8. The van der Waals surface area contributed by atoms with Gasteiger partial charge in [0.15, 0.2) is 0 Å². The fourth-order valence-corrected chi connectivity index (χ4v) is 11.4. The standard InChI is InChI=1S/C80H52N10/c1-51-15-27-57(28-16-51)77-65-35-39-69(85-65)79(59-31-23-53(24-32-59)19-21-55-47-73(61-11-3-7-43-81-61)89-74(48-55)62-12-4-8-44-82-62)71-41-37-67(87-71)78(58-29-17-52(2)18-30-58)68-38-42-72(88-68)80(70-40-36-66(77)86-70)60-33-25-54(26-34-60)20-22-56-49-75(63-13-5-9-45-83-63)90-76(50-56)64-14-6-10-46-84-64/h3-18,23-50,85,88H,1-2H3. The quantitative estimate of drug-likeness (QED) is 0.144. The molecule has 0 atom stereocenters. The molecule has 11 heterocycles. The van der Waals surface area contributed by atoms with Gasteiger partial charge in [-0.3, -0.25) is 19.9 Å². The lowest BCUT2D eigenvalue weighted by molar-refractivity contribution is 1.21. The van der Waals surface area contributed by atoms with Gasteiger partial charge in [-0.05, 0) is 182 Å². The third-order valence-electron chi connectivity index (χ3n) is 15.8. The molecule has 2 aliphatic heterocycles. The van der Waals surface area contributed by atoms with E-state index in [1.165, 1.54) is 11.1 Å². The molecule has 0 saturated carbocycles. The summed E-state index contributed by atoms with van der Waals surface area (Å²) in [5, 5.41) is 0. The van der Waals surface area contributed by atoms with Crippen molar-refractivity contribution in [2.45, 2.75) is 13.8 Å². The molecule has 0 fully saturated rings. The minimum absolute atomic E-state index is 0.724. The highest BCUT2D eigenvalue weighted by molar-refractivity contribution is 6.00. The molecule has 0 spiro atoms. The van der Waals surface area contributed by atoms with Crippen LogP contribution in [-0.2, 0) is 0 Å². The first kappa shape index (κ1) is 54.2. The molecule has 0 unspecified atom stereocenters. The van der Waals surface area contributed by atoms with Crippen LogP contribution in [0.25, 0.3) is 136 Å². The minimum Gasteiger partial charge on any atom is -0.354 e. The Bertz CT molecular complexity index is 4810. The van der Waals surface area contributed by atoms with Gasteiger partial charge in [0, 0.05) is 91.4 Å². The van der Waals surface area contributed by atoms with Gasteiger partial charge in [-0.15, -0.1) is 0 Å². The minimum atomic E-state index is 0.724. The number of benzene rings is 4. The maximum absolute atomic E-state index is 5.57. The van der Waals surface area contributed by atoms with Crippen molar-refractivity contribution >= 4 is 46.4 Å². The second-order valence-corrected chi connectivity index (χ2v) is 22.0. The number of aromatic amines is 2. The van der Waals surface area contributed by atoms with Crippen LogP contribution in [0.2, 0.25) is 0 Å². The highest BCUT2D eigenvalue weighted by atomic mass is 14.8. The second-order valence-electron chi connectivity index (χ2n) is 22.0. The molecule has 10 heteroatoms. The van der Waals surface area contributed by atoms with E-state index in [2.05, 4.69) is 213 Å². The van der Waals surface area contributed by atoms with Crippen LogP contribution in [0.4, 0.5) is 0 Å². The van der Waals surface area contributed by atoms with Gasteiger partial charge >= 0.3 is 0 Å². The van der Waals surface area contributed by atoms with Gasteiger partial charge < -0.3 is 9.97 Å². The van der Waals surface area contributed by atoms with E-state index < -0.39 is 0 Å². The Kier molecular flexibility index (Phi) is 14.3. The number of hydrogen-bond acceptors (Lipinski definition) is 8. The first-order chi connectivity index (χ1) is 44.3. The number of hydrogen-bond donors (Lipinski definition) is 2. The Balaban J connectivity index is 0.876. The van der Waals surface area contributed by atoms with Crippen LogP contribution in [0.15, 0.2) is 243 Å². The van der Waals surface area contributed by atoms with E-state index in [1.54, 1.807) is 24.8 Å². The van der Waals surface area contributed by atoms with Crippen LogP contribution in [-0.4, -0.2) is 49.8 Å². The molecule has 4 aromatic carbocycles. The van der Waals surface area contributed by atoms with Crippen LogP contribution in [0.1, 0.15) is 56.2 Å². The summed E-state index contributed by atoms with van der Waals surface area (Å²) in [4.78, 5) is 47.2. The van der Waals surface area contributed by atoms with Gasteiger partial charge in [-0.2, -0.15) is 0 Å². The Morgan fingerprint density at radius 3 is 0.789 bits per heavy atom. The molecular weight excluding hydrogens is 1100 g/mol. The zero-order valence-electron chi connectivity index (χ0n) is 49.0. The molecular formula is C80H52N10. The lowest BCUT2D eigenvalue weighted by atomic mass is 10.0. The predicted octanol–water partition coefficient (Wildman–Crippen LogP) is 17.8. The molecule has 0 radical (unpaired) electrons. The van der Waals surface area contributed by atoms with Gasteiger partial charge in [0.25, 0.3) is 0 Å². The molecule has 0 aliphatic carbocycles. The molecule has 0 amide bonds. The number of pyridine rings is 6. The largest absolute Gasteiger partial charge is 0.354 e. The highest BCUT2D eigenvalue weighted by Gasteiger charge is 2.20. The second kappa shape index (κ2) is 23.8. The number of aryl methyl sites for hydroxylation is 2. The number of nitrogens with one attached hydrogen (secondary N) is 2. The Morgan fingerprint density at radius 1 is 0.256 bits per heavy atom. The van der Waals surface area contributed by atoms with Crippen LogP contribution in [0, 0.1) is 37.5 Å². The highest BCUT2D eigenvalue weighted by Crippen LogP contribution is 2.39. The Labute approximate surface area is 520 Å². The third-order valence-corrected chi connectivity index (χ3v) is 15.8. The fourth-order valence-electron chi connectivity index (χ4n) is 11.4. The zero-order chi connectivity index (χ0) is 60.3. The van der Waals surface area contributed by atoms with Gasteiger partial charge in [0.1, 0.15) is 0 Å². The van der Waals surface area contributed by atoms with E-state index >= 15 is 0 Å². The maximum Gasteiger partial charge on any atom is 0.0906 e. The summed E-state index contributed by atoms with van der Waals surface area (Å²) < 4.78 is 0. The molecule has 90 heavy (non-hydrogen) atoms. The number of aromatic nitrogens is 10. The zero-order valence-corrected chi connectivity index (χ0v) is 49.0. The summed E-state index contributed by atoms with van der Waals surface area (Å²) in [6, 6.07) is 73.9. The average molecular weight is 1150 g/mol. The monoisotopic (exact) mass is 1150 g/mol. The van der Waals surface area contributed by atoms with E-state index in [0.29, 0.717) is 0 Å². The number of fused-ring (bicyclic) bond motifs is 8. The molecule has 13 aromatic rings. The van der Waals surface area contributed by atoms with Crippen molar-refractivity contribution in [1.82, 2.24) is 49.8 Å². The van der Waals surface area contributed by atoms with Gasteiger partial charge in [-0.1, -0.05) is 132 Å². The van der Waals surface area contributed by atoms with E-state index in [4.69, 9.17) is 19.9 Å². The van der Waals surface area contributed by atoms with Crippen molar-refractivity contribution in [3.05, 3.63) is 299 Å². The van der Waals surface area contributed by atoms with Crippen LogP contribution in [0.3, 0.4) is 0 Å². The third kappa shape index (κ3) is 11.2. The first-order valence-corrected chi connectivity index (χ1v) is 29.6. The van der Waals surface area contributed by atoms with Gasteiger partial charge in [0.2, 0.25) is 0 Å². The predicted molar refractivity (Wildman–Crippen MR) is 363 cm³/mol. The summed E-state index contributed by atoms with van der Waals surface area (Å²) in [6.07, 6.45) is 15.6. The topological polar surface area (TPSA) is 135 Å². The molecule has 9 aromatic heterocycles. The van der Waals surface area contributed by atoms with Crippen molar-refractivity contribution in [2.24, 2.45) is 0 Å².